The minimum absolute atomic E-state index is 0.0777. The summed E-state index contributed by atoms with van der Waals surface area (Å²) in [6.45, 7) is 3.21. The lowest BCUT2D eigenvalue weighted by Gasteiger charge is -2.04. The molecule has 2 fully saturated rings. The summed E-state index contributed by atoms with van der Waals surface area (Å²) in [7, 11) is 3.40. The Morgan fingerprint density at radius 2 is 1.97 bits per heavy atom. The monoisotopic (exact) mass is 521 g/mol. The van der Waals surface area contributed by atoms with Crippen molar-refractivity contribution in [1.82, 2.24) is 20.9 Å². The van der Waals surface area contributed by atoms with Gasteiger partial charge in [-0.1, -0.05) is 6.07 Å². The summed E-state index contributed by atoms with van der Waals surface area (Å²) in [6.07, 6.45) is 7.23. The SMILES string of the molecule is CC1=NCc2cc(CC3NC(=O)NC3=O)oc2C=C1.COc1ccc2c(c1)C(=O)N(C)C2.O=CNC1CC1. The molecule has 5 amide bonds. The van der Waals surface area contributed by atoms with Gasteiger partial charge in [0.05, 0.1) is 13.7 Å². The van der Waals surface area contributed by atoms with E-state index in [9.17, 15) is 19.2 Å². The topological polar surface area (TPSA) is 142 Å². The van der Waals surface area contributed by atoms with Crippen LogP contribution < -0.4 is 20.7 Å². The molecular weight excluding hydrogens is 490 g/mol. The molecule has 3 aliphatic heterocycles. The molecule has 38 heavy (non-hydrogen) atoms. The number of nitrogens with zero attached hydrogens (tertiary/aromatic N) is 2. The summed E-state index contributed by atoms with van der Waals surface area (Å²) >= 11 is 0. The number of benzene rings is 1. The summed E-state index contributed by atoms with van der Waals surface area (Å²) in [5, 5.41) is 7.38. The number of carbonyl (C=O) groups is 4. The van der Waals surface area contributed by atoms with E-state index in [1.807, 2.05) is 37.3 Å². The van der Waals surface area contributed by atoms with E-state index in [0.717, 1.165) is 40.3 Å². The third-order valence-corrected chi connectivity index (χ3v) is 6.31. The number of imide groups is 1. The van der Waals surface area contributed by atoms with Gasteiger partial charge in [-0.3, -0.25) is 24.7 Å². The van der Waals surface area contributed by atoms with Gasteiger partial charge in [0, 0.05) is 42.9 Å². The molecule has 4 heterocycles. The molecule has 1 unspecified atom stereocenters. The van der Waals surface area contributed by atoms with Gasteiger partial charge >= 0.3 is 6.03 Å². The fourth-order valence-electron chi connectivity index (χ4n) is 4.03. The Hall–Kier alpha value is -4.41. The van der Waals surface area contributed by atoms with Crippen molar-refractivity contribution in [3.8, 4) is 5.75 Å². The number of carbonyl (C=O) groups excluding carboxylic acids is 4. The molecule has 1 saturated heterocycles. The second-order valence-corrected chi connectivity index (χ2v) is 9.36. The molecule has 1 atom stereocenters. The molecule has 200 valence electrons. The van der Waals surface area contributed by atoms with Crippen molar-refractivity contribution in [2.75, 3.05) is 14.2 Å². The van der Waals surface area contributed by atoms with E-state index in [4.69, 9.17) is 9.15 Å². The van der Waals surface area contributed by atoms with Crippen molar-refractivity contribution in [1.29, 1.82) is 0 Å². The van der Waals surface area contributed by atoms with Gasteiger partial charge in [0.1, 0.15) is 23.3 Å². The zero-order valence-corrected chi connectivity index (χ0v) is 21.6. The highest BCUT2D eigenvalue weighted by Crippen LogP contribution is 2.25. The second kappa shape index (κ2) is 11.8. The van der Waals surface area contributed by atoms with E-state index in [1.54, 1.807) is 25.1 Å². The van der Waals surface area contributed by atoms with Gasteiger partial charge in [-0.2, -0.15) is 0 Å². The van der Waals surface area contributed by atoms with Crippen molar-refractivity contribution >= 4 is 36.0 Å². The van der Waals surface area contributed by atoms with Crippen LogP contribution >= 0.6 is 0 Å². The first-order chi connectivity index (χ1) is 18.3. The molecule has 1 aromatic heterocycles. The van der Waals surface area contributed by atoms with E-state index in [-0.39, 0.29) is 11.8 Å². The van der Waals surface area contributed by atoms with Crippen LogP contribution in [0.2, 0.25) is 0 Å². The molecule has 0 bridgehead atoms. The van der Waals surface area contributed by atoms with Gasteiger partial charge < -0.3 is 24.7 Å². The Morgan fingerprint density at radius 1 is 1.18 bits per heavy atom. The van der Waals surface area contributed by atoms with Crippen LogP contribution in [0.25, 0.3) is 6.08 Å². The maximum absolute atomic E-state index is 11.5. The van der Waals surface area contributed by atoms with Crippen LogP contribution in [0.1, 0.15) is 52.8 Å². The fraction of sp³-hybridized carbons (Fsp3) is 0.370. The van der Waals surface area contributed by atoms with Gasteiger partial charge in [-0.15, -0.1) is 0 Å². The molecule has 1 aliphatic carbocycles. The molecule has 3 N–H and O–H groups in total. The van der Waals surface area contributed by atoms with E-state index in [2.05, 4.69) is 20.9 Å². The molecule has 2 aromatic rings. The third kappa shape index (κ3) is 6.67. The van der Waals surface area contributed by atoms with Crippen molar-refractivity contribution in [2.24, 2.45) is 4.99 Å². The number of urea groups is 1. The Bertz CT molecular complexity index is 1290. The lowest BCUT2D eigenvalue weighted by molar-refractivity contribution is -0.120. The molecule has 11 heteroatoms. The predicted octanol–water partition coefficient (Wildman–Crippen LogP) is 2.19. The smallest absolute Gasteiger partial charge is 0.322 e. The number of nitrogens with one attached hydrogen (secondary N) is 3. The summed E-state index contributed by atoms with van der Waals surface area (Å²) in [4.78, 5) is 49.6. The summed E-state index contributed by atoms with van der Waals surface area (Å²) < 4.78 is 10.7. The normalized spacial score (nSPS) is 18.9. The maximum atomic E-state index is 11.5. The summed E-state index contributed by atoms with van der Waals surface area (Å²) in [5.74, 6) is 1.93. The quantitative estimate of drug-likeness (QED) is 0.407. The van der Waals surface area contributed by atoms with Crippen LogP contribution in [0.15, 0.2) is 39.8 Å². The molecule has 0 radical (unpaired) electrons. The number of amides is 5. The van der Waals surface area contributed by atoms with Crippen molar-refractivity contribution in [3.63, 3.8) is 0 Å². The van der Waals surface area contributed by atoms with Crippen molar-refractivity contribution < 1.29 is 28.3 Å². The minimum atomic E-state index is -0.559. The van der Waals surface area contributed by atoms with Crippen molar-refractivity contribution in [2.45, 2.75) is 51.4 Å². The first-order valence-corrected chi connectivity index (χ1v) is 12.3. The Labute approximate surface area is 220 Å². The molecule has 1 aromatic carbocycles. The minimum Gasteiger partial charge on any atom is -0.497 e. The number of ether oxygens (including phenoxy) is 1. The first kappa shape index (κ1) is 26.6. The number of hydrogen-bond donors (Lipinski definition) is 3. The molecule has 0 spiro atoms. The van der Waals surface area contributed by atoms with E-state index in [1.165, 1.54) is 12.8 Å². The first-order valence-electron chi connectivity index (χ1n) is 12.3. The highest BCUT2D eigenvalue weighted by Gasteiger charge is 2.30. The number of hydrogen-bond acceptors (Lipinski definition) is 7. The predicted molar refractivity (Wildman–Crippen MR) is 140 cm³/mol. The Kier molecular flexibility index (Phi) is 8.25. The number of furan rings is 1. The molecule has 4 aliphatic rings. The molecule has 6 rings (SSSR count). The van der Waals surface area contributed by atoms with Crippen LogP contribution in [0, 0.1) is 0 Å². The average Bonchev–Trinajstić information content (AvgIpc) is 3.51. The van der Waals surface area contributed by atoms with Gasteiger partial charge in [0.2, 0.25) is 6.41 Å². The fourth-order valence-corrected chi connectivity index (χ4v) is 4.03. The van der Waals surface area contributed by atoms with Gasteiger partial charge in [0.25, 0.3) is 11.8 Å². The Morgan fingerprint density at radius 3 is 2.61 bits per heavy atom. The number of aliphatic imine (C=N–C) groups is 1. The van der Waals surface area contributed by atoms with E-state index in [0.29, 0.717) is 31.3 Å². The Balaban J connectivity index is 0.000000152. The van der Waals surface area contributed by atoms with Gasteiger partial charge in [0.15, 0.2) is 0 Å². The summed E-state index contributed by atoms with van der Waals surface area (Å²) in [5.41, 5.74) is 3.79. The van der Waals surface area contributed by atoms with Crippen molar-refractivity contribution in [3.05, 3.63) is 58.6 Å². The van der Waals surface area contributed by atoms with Crippen LogP contribution in [0.4, 0.5) is 4.79 Å². The van der Waals surface area contributed by atoms with Crippen LogP contribution in [0.5, 0.6) is 5.75 Å². The molecule has 11 nitrogen and oxygen atoms in total. The van der Waals surface area contributed by atoms with Crippen LogP contribution in [-0.4, -0.2) is 61.1 Å². The zero-order valence-electron chi connectivity index (χ0n) is 21.6. The van der Waals surface area contributed by atoms with Gasteiger partial charge in [-0.25, -0.2) is 4.79 Å². The summed E-state index contributed by atoms with van der Waals surface area (Å²) in [6, 6.07) is 7.02. The van der Waals surface area contributed by atoms with Gasteiger partial charge in [-0.05, 0) is 55.7 Å². The molecule has 1 saturated carbocycles. The maximum Gasteiger partial charge on any atom is 0.322 e. The lowest BCUT2D eigenvalue weighted by Crippen LogP contribution is -2.30. The molecular formula is C27H31N5O6. The number of methoxy groups -OCH3 is 1. The third-order valence-electron chi connectivity index (χ3n) is 6.31. The highest BCUT2D eigenvalue weighted by atomic mass is 16.5. The van der Waals surface area contributed by atoms with E-state index < -0.39 is 12.1 Å². The van der Waals surface area contributed by atoms with Crippen LogP contribution in [0.3, 0.4) is 0 Å². The second-order valence-electron chi connectivity index (χ2n) is 9.36. The lowest BCUT2D eigenvalue weighted by atomic mass is 10.1. The van der Waals surface area contributed by atoms with E-state index >= 15 is 0 Å². The zero-order chi connectivity index (χ0) is 27.2. The average molecular weight is 522 g/mol. The number of fused-ring (bicyclic) bond motifs is 2. The number of rotatable bonds is 5. The largest absolute Gasteiger partial charge is 0.497 e. The highest BCUT2D eigenvalue weighted by molar-refractivity contribution is 6.04. The standard InChI is InChI=1S/C13H13N3O3.C10H11NO2.C4H7NO/c1-7-2-3-11-8(6-14-7)4-9(19-11)5-10-12(17)16-13(18)15-10;1-11-6-7-3-4-8(13-2)5-9(7)10(11)12;6-3-5-4-1-2-4/h2-4,10H,5-6H2,1H3,(H2,15,16,17,18);3-5H,6H2,1-2H3;3-4H,1-2H2,(H,5,6). The van der Waals surface area contributed by atoms with Crippen LogP contribution in [-0.2, 0) is 29.1 Å². The number of allylic oxidation sites excluding steroid dienone is 1.